The van der Waals surface area contributed by atoms with Gasteiger partial charge in [0.2, 0.25) is 0 Å². The number of carbonyl (C=O) groups is 2. The fourth-order valence-corrected chi connectivity index (χ4v) is 4.02. The number of rotatable bonds is 5. The zero-order valence-electron chi connectivity index (χ0n) is 16.3. The largest absolute Gasteiger partial charge is 0.497 e. The van der Waals surface area contributed by atoms with Crippen LogP contribution >= 0.6 is 0 Å². The van der Waals surface area contributed by atoms with Gasteiger partial charge in [0.1, 0.15) is 17.5 Å². The average molecular weight is 405 g/mol. The highest BCUT2D eigenvalue weighted by Gasteiger charge is 2.44. The van der Waals surface area contributed by atoms with Gasteiger partial charge in [-0.25, -0.2) is 4.39 Å². The first kappa shape index (κ1) is 19.6. The summed E-state index contributed by atoms with van der Waals surface area (Å²) in [5.74, 6) is -2.04. The van der Waals surface area contributed by atoms with Crippen molar-refractivity contribution in [3.8, 4) is 5.75 Å². The van der Waals surface area contributed by atoms with Gasteiger partial charge in [0.05, 0.1) is 13.2 Å². The molecule has 0 saturated carbocycles. The molecule has 0 fully saturated rings. The molecule has 2 atom stereocenters. The van der Waals surface area contributed by atoms with Crippen LogP contribution in [0.5, 0.6) is 5.75 Å². The number of methoxy groups -OCH3 is 1. The van der Waals surface area contributed by atoms with Crippen molar-refractivity contribution >= 4 is 11.9 Å². The Labute approximate surface area is 173 Å². The Balaban J connectivity index is 1.88. The summed E-state index contributed by atoms with van der Waals surface area (Å²) in [7, 11) is 1.53. The Morgan fingerprint density at radius 2 is 1.80 bits per heavy atom. The third kappa shape index (κ3) is 3.52. The monoisotopic (exact) mass is 405 g/mol. The van der Waals surface area contributed by atoms with E-state index in [0.717, 1.165) is 0 Å². The van der Waals surface area contributed by atoms with Gasteiger partial charge in [-0.1, -0.05) is 42.5 Å². The molecule has 30 heavy (non-hydrogen) atoms. The summed E-state index contributed by atoms with van der Waals surface area (Å²) in [5, 5.41) is 10.1. The van der Waals surface area contributed by atoms with Crippen molar-refractivity contribution in [1.82, 2.24) is 4.90 Å². The number of carbonyl (C=O) groups excluding carboxylic acids is 1. The van der Waals surface area contributed by atoms with E-state index in [-0.39, 0.29) is 18.3 Å². The molecule has 1 aliphatic heterocycles. The second-order valence-corrected chi connectivity index (χ2v) is 7.18. The molecule has 0 aliphatic carbocycles. The minimum atomic E-state index is -1.02. The van der Waals surface area contributed by atoms with Crippen molar-refractivity contribution in [2.45, 2.75) is 18.5 Å². The number of aliphatic carboxylic acids is 1. The van der Waals surface area contributed by atoms with Crippen molar-refractivity contribution in [1.29, 1.82) is 0 Å². The van der Waals surface area contributed by atoms with Crippen LogP contribution in [0, 0.1) is 5.82 Å². The molecule has 1 N–H and O–H groups in total. The molecule has 3 aromatic carbocycles. The third-order valence-corrected chi connectivity index (χ3v) is 5.41. The van der Waals surface area contributed by atoms with Gasteiger partial charge in [-0.3, -0.25) is 9.59 Å². The molecule has 5 nitrogen and oxygen atoms in total. The highest BCUT2D eigenvalue weighted by molar-refractivity contribution is 6.00. The van der Waals surface area contributed by atoms with Gasteiger partial charge in [0.25, 0.3) is 5.91 Å². The number of amides is 1. The van der Waals surface area contributed by atoms with E-state index in [1.807, 2.05) is 0 Å². The maximum atomic E-state index is 13.4. The first-order valence-electron chi connectivity index (χ1n) is 9.50. The Kier molecular flexibility index (Phi) is 5.23. The Morgan fingerprint density at radius 3 is 2.50 bits per heavy atom. The molecule has 0 spiro atoms. The summed E-state index contributed by atoms with van der Waals surface area (Å²) in [6.45, 7) is 0.152. The summed E-state index contributed by atoms with van der Waals surface area (Å²) in [4.78, 5) is 27.4. The Bertz CT molecular complexity index is 1100. The molecule has 0 saturated heterocycles. The second-order valence-electron chi connectivity index (χ2n) is 7.18. The van der Waals surface area contributed by atoms with E-state index in [1.54, 1.807) is 65.6 Å². The fraction of sp³-hybridized carbons (Fsp3) is 0.167. The normalized spacial score (nSPS) is 18.1. The Hall–Kier alpha value is -3.67. The van der Waals surface area contributed by atoms with Crippen molar-refractivity contribution in [3.63, 3.8) is 0 Å². The lowest BCUT2D eigenvalue weighted by Crippen LogP contribution is -2.44. The Morgan fingerprint density at radius 1 is 1.07 bits per heavy atom. The molecule has 0 radical (unpaired) electrons. The van der Waals surface area contributed by atoms with Crippen LogP contribution in [0.25, 0.3) is 0 Å². The molecule has 0 bridgehead atoms. The molecule has 0 aromatic heterocycles. The summed E-state index contributed by atoms with van der Waals surface area (Å²) in [6.07, 6.45) is 0. The lowest BCUT2D eigenvalue weighted by Gasteiger charge is -2.41. The maximum Gasteiger partial charge on any atom is 0.313 e. The van der Waals surface area contributed by atoms with E-state index in [0.29, 0.717) is 28.0 Å². The maximum absolute atomic E-state index is 13.4. The SMILES string of the molecule is COc1cccc([C@H]2[C@@H](C(=O)O)c3ccccc3C(=O)N2Cc2ccc(F)cc2)c1. The molecule has 3 aromatic rings. The zero-order valence-corrected chi connectivity index (χ0v) is 16.3. The van der Waals surface area contributed by atoms with Gasteiger partial charge in [-0.05, 0) is 47.0 Å². The predicted molar refractivity (Wildman–Crippen MR) is 109 cm³/mol. The number of halogens is 1. The van der Waals surface area contributed by atoms with Crippen molar-refractivity contribution in [2.75, 3.05) is 7.11 Å². The number of fused-ring (bicyclic) bond motifs is 1. The van der Waals surface area contributed by atoms with Crippen molar-refractivity contribution in [3.05, 3.63) is 101 Å². The van der Waals surface area contributed by atoms with Crippen LogP contribution in [-0.4, -0.2) is 29.0 Å². The van der Waals surface area contributed by atoms with Gasteiger partial charge in [-0.15, -0.1) is 0 Å². The van der Waals surface area contributed by atoms with Gasteiger partial charge in [-0.2, -0.15) is 0 Å². The molecular weight excluding hydrogens is 385 g/mol. The van der Waals surface area contributed by atoms with E-state index >= 15 is 0 Å². The summed E-state index contributed by atoms with van der Waals surface area (Å²) in [6, 6.07) is 19.0. The number of benzene rings is 3. The highest BCUT2D eigenvalue weighted by atomic mass is 19.1. The number of hydrogen-bond donors (Lipinski definition) is 1. The molecule has 152 valence electrons. The average Bonchev–Trinajstić information content (AvgIpc) is 2.76. The molecule has 0 unspecified atom stereocenters. The van der Waals surface area contributed by atoms with Crippen LogP contribution in [0.3, 0.4) is 0 Å². The zero-order chi connectivity index (χ0) is 21.3. The van der Waals surface area contributed by atoms with E-state index in [9.17, 15) is 19.1 Å². The summed E-state index contributed by atoms with van der Waals surface area (Å²) < 4.78 is 18.7. The predicted octanol–water partition coefficient (Wildman–Crippen LogP) is 4.40. The number of carboxylic acids is 1. The number of nitrogens with zero attached hydrogens (tertiary/aromatic N) is 1. The molecule has 4 rings (SSSR count). The van der Waals surface area contributed by atoms with Gasteiger partial charge < -0.3 is 14.7 Å². The highest BCUT2D eigenvalue weighted by Crippen LogP contribution is 2.44. The summed E-state index contributed by atoms with van der Waals surface area (Å²) in [5.41, 5.74) is 2.22. The second kappa shape index (κ2) is 7.99. The number of carboxylic acid groups (broad SMARTS) is 1. The minimum Gasteiger partial charge on any atom is -0.497 e. The van der Waals surface area contributed by atoms with Crippen LogP contribution in [0.4, 0.5) is 4.39 Å². The lowest BCUT2D eigenvalue weighted by atomic mass is 9.79. The first-order chi connectivity index (χ1) is 14.5. The van der Waals surface area contributed by atoms with Gasteiger partial charge >= 0.3 is 5.97 Å². The van der Waals surface area contributed by atoms with Gasteiger partial charge in [0.15, 0.2) is 0 Å². The molecule has 6 heteroatoms. The van der Waals surface area contributed by atoms with Crippen molar-refractivity contribution in [2.24, 2.45) is 0 Å². The lowest BCUT2D eigenvalue weighted by molar-refractivity contribution is -0.140. The van der Waals surface area contributed by atoms with Crippen LogP contribution in [0.15, 0.2) is 72.8 Å². The van der Waals surface area contributed by atoms with E-state index in [2.05, 4.69) is 0 Å². The van der Waals surface area contributed by atoms with Crippen LogP contribution < -0.4 is 4.74 Å². The first-order valence-corrected chi connectivity index (χ1v) is 9.50. The van der Waals surface area contributed by atoms with E-state index < -0.39 is 17.9 Å². The van der Waals surface area contributed by atoms with Crippen molar-refractivity contribution < 1.29 is 23.8 Å². The van der Waals surface area contributed by atoms with E-state index in [4.69, 9.17) is 4.74 Å². The van der Waals surface area contributed by atoms with Crippen LogP contribution in [0.1, 0.15) is 39.0 Å². The smallest absolute Gasteiger partial charge is 0.313 e. The quantitative estimate of drug-likeness (QED) is 0.683. The standard InChI is InChI=1S/C24H20FNO4/c1-30-18-6-4-5-16(13-18)22-21(24(28)29)19-7-2-3-8-20(19)23(27)26(22)14-15-9-11-17(25)12-10-15/h2-13,21-22H,14H2,1H3,(H,28,29)/t21-,22-/m0/s1. The van der Waals surface area contributed by atoms with Crippen LogP contribution in [0.2, 0.25) is 0 Å². The topological polar surface area (TPSA) is 66.8 Å². The molecule has 1 aliphatic rings. The third-order valence-electron chi connectivity index (χ3n) is 5.41. The molecule has 1 amide bonds. The molecule has 1 heterocycles. The minimum absolute atomic E-state index is 0.152. The van der Waals surface area contributed by atoms with Crippen LogP contribution in [-0.2, 0) is 11.3 Å². The number of hydrogen-bond acceptors (Lipinski definition) is 3. The number of ether oxygens (including phenoxy) is 1. The van der Waals surface area contributed by atoms with E-state index in [1.165, 1.54) is 19.2 Å². The van der Waals surface area contributed by atoms with Gasteiger partial charge in [0, 0.05) is 12.1 Å². The fourth-order valence-electron chi connectivity index (χ4n) is 4.02. The summed E-state index contributed by atoms with van der Waals surface area (Å²) >= 11 is 0. The molecular formula is C24H20FNO4.